The lowest BCUT2D eigenvalue weighted by Gasteiger charge is -2.20. The Kier molecular flexibility index (Phi) is 3.58. The Hall–Kier alpha value is -1.32. The smallest absolute Gasteiger partial charge is 0.312 e. The Balaban J connectivity index is 1.75. The van der Waals surface area contributed by atoms with Gasteiger partial charge in [0.25, 0.3) is 0 Å². The van der Waals surface area contributed by atoms with Crippen LogP contribution >= 0.6 is 0 Å². The third-order valence-corrected chi connectivity index (χ3v) is 4.61. The monoisotopic (exact) mass is 262 g/mol. The molecule has 4 heteroatoms. The number of carboxylic acid groups (broad SMARTS) is 1. The summed E-state index contributed by atoms with van der Waals surface area (Å²) in [4.78, 5) is 19.3. The van der Waals surface area contributed by atoms with Gasteiger partial charge < -0.3 is 10.1 Å². The molecule has 1 heterocycles. The van der Waals surface area contributed by atoms with Gasteiger partial charge in [0.2, 0.25) is 0 Å². The molecule has 2 N–H and O–H groups in total. The van der Waals surface area contributed by atoms with Crippen LogP contribution < -0.4 is 0 Å². The van der Waals surface area contributed by atoms with Gasteiger partial charge >= 0.3 is 5.97 Å². The fraction of sp³-hybridized carbons (Fsp3) is 0.733. The average molecular weight is 262 g/mol. The number of carboxylic acids is 1. The third-order valence-electron chi connectivity index (χ3n) is 4.61. The number of H-pyrrole nitrogens is 1. The van der Waals surface area contributed by atoms with E-state index >= 15 is 0 Å². The van der Waals surface area contributed by atoms with Crippen LogP contribution in [0.5, 0.6) is 0 Å². The minimum atomic E-state index is -0.725. The first-order chi connectivity index (χ1) is 9.24. The summed E-state index contributed by atoms with van der Waals surface area (Å²) in [6.45, 7) is 0. The van der Waals surface area contributed by atoms with E-state index in [0.717, 1.165) is 48.8 Å². The molecule has 2 aliphatic carbocycles. The van der Waals surface area contributed by atoms with E-state index in [-0.39, 0.29) is 5.92 Å². The second-order valence-corrected chi connectivity index (χ2v) is 6.04. The van der Waals surface area contributed by atoms with Crippen molar-refractivity contribution in [1.82, 2.24) is 9.97 Å². The number of aromatic nitrogens is 2. The van der Waals surface area contributed by atoms with Gasteiger partial charge in [-0.25, -0.2) is 4.98 Å². The van der Waals surface area contributed by atoms with Gasteiger partial charge in [-0.1, -0.05) is 32.1 Å². The van der Waals surface area contributed by atoms with Crippen LogP contribution in [0.25, 0.3) is 0 Å². The van der Waals surface area contributed by atoms with Crippen molar-refractivity contribution in [2.24, 2.45) is 5.92 Å². The second kappa shape index (κ2) is 5.35. The number of hydrogen-bond acceptors (Lipinski definition) is 2. The summed E-state index contributed by atoms with van der Waals surface area (Å²) in [5.74, 6) is 0.645. The normalized spacial score (nSPS) is 24.1. The number of hydrogen-bond donors (Lipinski definition) is 2. The van der Waals surface area contributed by atoms with Crippen molar-refractivity contribution in [3.05, 3.63) is 17.2 Å². The molecule has 1 atom stereocenters. The van der Waals surface area contributed by atoms with Crippen molar-refractivity contribution >= 4 is 5.97 Å². The molecular formula is C15H22N2O2. The zero-order valence-corrected chi connectivity index (χ0v) is 11.3. The minimum absolute atomic E-state index is 0.389. The molecule has 4 nitrogen and oxygen atoms in total. The molecule has 0 aromatic carbocycles. The first-order valence-corrected chi connectivity index (χ1v) is 7.54. The fourth-order valence-corrected chi connectivity index (χ4v) is 3.58. The highest BCUT2D eigenvalue weighted by molar-refractivity contribution is 5.76. The van der Waals surface area contributed by atoms with Gasteiger partial charge in [0.1, 0.15) is 11.7 Å². The van der Waals surface area contributed by atoms with Gasteiger partial charge in [-0.15, -0.1) is 0 Å². The number of nitrogens with one attached hydrogen (secondary N) is 1. The van der Waals surface area contributed by atoms with Crippen molar-refractivity contribution in [1.29, 1.82) is 0 Å². The third kappa shape index (κ3) is 2.67. The molecule has 1 unspecified atom stereocenters. The lowest BCUT2D eigenvalue weighted by molar-refractivity contribution is -0.139. The van der Waals surface area contributed by atoms with E-state index < -0.39 is 5.97 Å². The maximum absolute atomic E-state index is 11.3. The number of imidazole rings is 1. The Morgan fingerprint density at radius 1 is 1.21 bits per heavy atom. The molecule has 19 heavy (non-hydrogen) atoms. The van der Waals surface area contributed by atoms with Crippen LogP contribution in [-0.2, 0) is 17.6 Å². The lowest BCUT2D eigenvalue weighted by atomic mass is 9.87. The van der Waals surface area contributed by atoms with Gasteiger partial charge in [-0.3, -0.25) is 4.79 Å². The highest BCUT2D eigenvalue weighted by Crippen LogP contribution is 2.32. The zero-order valence-electron chi connectivity index (χ0n) is 11.3. The molecule has 0 saturated heterocycles. The Morgan fingerprint density at radius 2 is 2.00 bits per heavy atom. The summed E-state index contributed by atoms with van der Waals surface area (Å²) < 4.78 is 0. The van der Waals surface area contributed by atoms with Crippen molar-refractivity contribution in [2.75, 3.05) is 0 Å². The van der Waals surface area contributed by atoms with Crippen LogP contribution in [0, 0.1) is 5.92 Å². The van der Waals surface area contributed by atoms with Crippen molar-refractivity contribution in [3.63, 3.8) is 0 Å². The molecule has 2 aliphatic rings. The number of aromatic amines is 1. The van der Waals surface area contributed by atoms with E-state index in [2.05, 4.69) is 9.97 Å². The predicted molar refractivity (Wildman–Crippen MR) is 72.2 cm³/mol. The van der Waals surface area contributed by atoms with Gasteiger partial charge in [-0.05, 0) is 25.2 Å². The highest BCUT2D eigenvalue weighted by atomic mass is 16.4. The molecule has 0 spiro atoms. The lowest BCUT2D eigenvalue weighted by Crippen LogP contribution is -2.17. The van der Waals surface area contributed by atoms with Crippen LogP contribution in [0.2, 0.25) is 0 Å². The number of aryl methyl sites for hydroxylation is 1. The zero-order chi connectivity index (χ0) is 13.2. The largest absolute Gasteiger partial charge is 0.481 e. The molecule has 104 valence electrons. The molecule has 1 aromatic rings. The van der Waals surface area contributed by atoms with E-state index in [1.807, 2.05) is 0 Å². The van der Waals surface area contributed by atoms with Crippen LogP contribution in [0.4, 0.5) is 0 Å². The first kappa shape index (κ1) is 12.7. The fourth-order valence-electron chi connectivity index (χ4n) is 3.58. The molecule has 0 aliphatic heterocycles. The maximum Gasteiger partial charge on any atom is 0.312 e. The highest BCUT2D eigenvalue weighted by Gasteiger charge is 2.30. The number of nitrogens with zero attached hydrogens (tertiary/aromatic N) is 1. The average Bonchev–Trinajstić information content (AvgIpc) is 2.81. The summed E-state index contributed by atoms with van der Waals surface area (Å²) >= 11 is 0. The number of aliphatic carboxylic acids is 1. The van der Waals surface area contributed by atoms with Crippen molar-refractivity contribution in [3.8, 4) is 0 Å². The second-order valence-electron chi connectivity index (χ2n) is 6.04. The van der Waals surface area contributed by atoms with Gasteiger partial charge in [0, 0.05) is 12.1 Å². The Labute approximate surface area is 113 Å². The van der Waals surface area contributed by atoms with Crippen LogP contribution in [0.3, 0.4) is 0 Å². The summed E-state index contributed by atoms with van der Waals surface area (Å²) in [6.07, 6.45) is 10.3. The molecule has 1 aromatic heterocycles. The van der Waals surface area contributed by atoms with E-state index in [4.69, 9.17) is 0 Å². The number of rotatable bonds is 3. The maximum atomic E-state index is 11.3. The molecule has 1 saturated carbocycles. The van der Waals surface area contributed by atoms with E-state index in [1.54, 1.807) is 0 Å². The Morgan fingerprint density at radius 3 is 2.74 bits per heavy atom. The van der Waals surface area contributed by atoms with Gasteiger partial charge in [0.15, 0.2) is 0 Å². The molecule has 3 rings (SSSR count). The topological polar surface area (TPSA) is 66.0 Å². The van der Waals surface area contributed by atoms with Crippen LogP contribution in [0.1, 0.15) is 68.1 Å². The molecule has 0 radical (unpaired) electrons. The van der Waals surface area contributed by atoms with Crippen LogP contribution in [-0.4, -0.2) is 21.0 Å². The predicted octanol–water partition coefficient (Wildman–Crippen LogP) is 3.04. The van der Waals surface area contributed by atoms with E-state index in [9.17, 15) is 9.90 Å². The molecule has 0 amide bonds. The summed E-state index contributed by atoms with van der Waals surface area (Å²) in [5.41, 5.74) is 1.88. The van der Waals surface area contributed by atoms with E-state index in [1.165, 1.54) is 32.1 Å². The van der Waals surface area contributed by atoms with Crippen molar-refractivity contribution < 1.29 is 9.90 Å². The quantitative estimate of drug-likeness (QED) is 0.880. The molecule has 0 bridgehead atoms. The van der Waals surface area contributed by atoms with Crippen LogP contribution in [0.15, 0.2) is 0 Å². The standard InChI is InChI=1S/C15H22N2O2/c18-15(19)11-7-4-8-12-14(11)17-13(16-12)9-10-5-2-1-3-6-10/h10-11H,1-9H2,(H,16,17)(H,18,19). The number of fused-ring (bicyclic) bond motifs is 1. The molecular weight excluding hydrogens is 240 g/mol. The summed E-state index contributed by atoms with van der Waals surface area (Å²) in [6, 6.07) is 0. The Bertz CT molecular complexity index is 461. The van der Waals surface area contributed by atoms with Crippen molar-refractivity contribution in [2.45, 2.75) is 63.7 Å². The number of carbonyl (C=O) groups is 1. The molecule has 1 fully saturated rings. The minimum Gasteiger partial charge on any atom is -0.481 e. The van der Waals surface area contributed by atoms with Gasteiger partial charge in [0.05, 0.1) is 5.69 Å². The SMILES string of the molecule is O=C(O)C1CCCc2[nH]c(CC3CCCCC3)nc21. The van der Waals surface area contributed by atoms with Gasteiger partial charge in [-0.2, -0.15) is 0 Å². The summed E-state index contributed by atoms with van der Waals surface area (Å²) in [7, 11) is 0. The summed E-state index contributed by atoms with van der Waals surface area (Å²) in [5, 5.41) is 9.26. The first-order valence-electron chi connectivity index (χ1n) is 7.54. The van der Waals surface area contributed by atoms with E-state index in [0.29, 0.717) is 0 Å².